The predicted octanol–water partition coefficient (Wildman–Crippen LogP) is 3.47. The fourth-order valence-corrected chi connectivity index (χ4v) is 1.87. The summed E-state index contributed by atoms with van der Waals surface area (Å²) in [6, 6.07) is 7.34. The Morgan fingerprint density at radius 3 is 2.45 bits per heavy atom. The molecule has 4 nitrogen and oxygen atoms in total. The lowest BCUT2D eigenvalue weighted by Crippen LogP contribution is -2.40. The van der Waals surface area contributed by atoms with Crippen LogP contribution in [0.4, 0.5) is 4.79 Å². The maximum Gasteiger partial charge on any atom is 0.408 e. The van der Waals surface area contributed by atoms with Crippen molar-refractivity contribution in [3.05, 3.63) is 34.3 Å². The first-order valence-corrected chi connectivity index (χ1v) is 7.29. The van der Waals surface area contributed by atoms with E-state index in [0.29, 0.717) is 12.8 Å². The first-order valence-electron chi connectivity index (χ1n) is 6.49. The second-order valence-corrected chi connectivity index (χ2v) is 6.47. The molecule has 0 heterocycles. The zero-order valence-corrected chi connectivity index (χ0v) is 13.6. The van der Waals surface area contributed by atoms with Gasteiger partial charge in [0, 0.05) is 4.47 Å². The van der Waals surface area contributed by atoms with Crippen LogP contribution in [-0.2, 0) is 16.0 Å². The molecule has 0 spiro atoms. The second-order valence-electron chi connectivity index (χ2n) is 5.55. The van der Waals surface area contributed by atoms with Gasteiger partial charge < -0.3 is 14.8 Å². The molecular weight excluding hydrogens is 322 g/mol. The van der Waals surface area contributed by atoms with Crippen molar-refractivity contribution in [3.63, 3.8) is 0 Å². The van der Waals surface area contributed by atoms with Gasteiger partial charge in [-0.3, -0.25) is 0 Å². The SMILES string of the molecule is CC(C)(C)OC(=O)NC(C=O)CCc1ccc(Br)cc1. The molecule has 0 aliphatic rings. The number of hydrogen-bond donors (Lipinski definition) is 1. The molecule has 1 rings (SSSR count). The summed E-state index contributed by atoms with van der Waals surface area (Å²) in [5.74, 6) is 0. The van der Waals surface area contributed by atoms with E-state index in [9.17, 15) is 9.59 Å². The van der Waals surface area contributed by atoms with Gasteiger partial charge in [-0.25, -0.2) is 4.79 Å². The smallest absolute Gasteiger partial charge is 0.408 e. The summed E-state index contributed by atoms with van der Waals surface area (Å²) in [6.07, 6.45) is 1.44. The molecule has 1 N–H and O–H groups in total. The number of alkyl carbamates (subject to hydrolysis) is 1. The molecule has 0 aromatic heterocycles. The lowest BCUT2D eigenvalue weighted by atomic mass is 10.1. The molecule has 1 aromatic rings. The van der Waals surface area contributed by atoms with Crippen LogP contribution in [0.15, 0.2) is 28.7 Å². The Labute approximate surface area is 128 Å². The highest BCUT2D eigenvalue weighted by Crippen LogP contribution is 2.12. The summed E-state index contributed by atoms with van der Waals surface area (Å²) < 4.78 is 6.14. The van der Waals surface area contributed by atoms with Crippen LogP contribution in [0.3, 0.4) is 0 Å². The van der Waals surface area contributed by atoms with Crippen molar-refractivity contribution in [2.45, 2.75) is 45.3 Å². The number of rotatable bonds is 5. The number of halogens is 1. The summed E-state index contributed by atoms with van der Waals surface area (Å²) in [6.45, 7) is 5.35. The molecule has 1 atom stereocenters. The number of carbonyl (C=O) groups is 2. The number of benzene rings is 1. The Bertz CT molecular complexity index is 451. The van der Waals surface area contributed by atoms with Gasteiger partial charge in [-0.2, -0.15) is 0 Å². The van der Waals surface area contributed by atoms with Crippen molar-refractivity contribution in [1.82, 2.24) is 5.32 Å². The minimum absolute atomic E-state index is 0.534. The van der Waals surface area contributed by atoms with Crippen molar-refractivity contribution in [2.75, 3.05) is 0 Å². The van der Waals surface area contributed by atoms with Crippen LogP contribution in [0.25, 0.3) is 0 Å². The van der Waals surface area contributed by atoms with E-state index >= 15 is 0 Å². The average molecular weight is 342 g/mol. The minimum Gasteiger partial charge on any atom is -0.444 e. The van der Waals surface area contributed by atoms with Crippen molar-refractivity contribution < 1.29 is 14.3 Å². The number of aldehydes is 1. The van der Waals surface area contributed by atoms with Crippen LogP contribution >= 0.6 is 15.9 Å². The van der Waals surface area contributed by atoms with Gasteiger partial charge in [-0.05, 0) is 51.3 Å². The third-order valence-electron chi connectivity index (χ3n) is 2.52. The van der Waals surface area contributed by atoms with Crippen LogP contribution in [0.1, 0.15) is 32.8 Å². The standard InChI is InChI=1S/C15H20BrNO3/c1-15(2,3)20-14(19)17-13(10-18)9-6-11-4-7-12(16)8-5-11/h4-5,7-8,10,13H,6,9H2,1-3H3,(H,17,19). The first kappa shape index (κ1) is 16.7. The number of amides is 1. The van der Waals surface area contributed by atoms with Crippen LogP contribution in [0.2, 0.25) is 0 Å². The molecular formula is C15H20BrNO3. The van der Waals surface area contributed by atoms with E-state index in [2.05, 4.69) is 21.2 Å². The lowest BCUT2D eigenvalue weighted by molar-refractivity contribution is -0.109. The van der Waals surface area contributed by atoms with Crippen LogP contribution in [0.5, 0.6) is 0 Å². The Morgan fingerprint density at radius 1 is 1.35 bits per heavy atom. The normalized spacial score (nSPS) is 12.6. The third-order valence-corrected chi connectivity index (χ3v) is 3.05. The van der Waals surface area contributed by atoms with Gasteiger partial charge in [0.25, 0.3) is 0 Å². The van der Waals surface area contributed by atoms with Gasteiger partial charge in [0.15, 0.2) is 0 Å². The van der Waals surface area contributed by atoms with E-state index in [4.69, 9.17) is 4.74 Å². The zero-order chi connectivity index (χ0) is 15.2. The number of ether oxygens (including phenoxy) is 1. The summed E-state index contributed by atoms with van der Waals surface area (Å²) >= 11 is 3.37. The van der Waals surface area contributed by atoms with E-state index < -0.39 is 17.7 Å². The molecule has 1 amide bonds. The predicted molar refractivity (Wildman–Crippen MR) is 81.7 cm³/mol. The fraction of sp³-hybridized carbons (Fsp3) is 0.467. The van der Waals surface area contributed by atoms with E-state index in [-0.39, 0.29) is 0 Å². The molecule has 0 radical (unpaired) electrons. The lowest BCUT2D eigenvalue weighted by Gasteiger charge is -2.21. The Hall–Kier alpha value is -1.36. The second kappa shape index (κ2) is 7.43. The number of aryl methyl sites for hydroxylation is 1. The van der Waals surface area contributed by atoms with Crippen molar-refractivity contribution in [3.8, 4) is 0 Å². The topological polar surface area (TPSA) is 55.4 Å². The molecule has 0 bridgehead atoms. The molecule has 0 fully saturated rings. The molecule has 0 saturated carbocycles. The molecule has 20 heavy (non-hydrogen) atoms. The third kappa shape index (κ3) is 6.70. The molecule has 110 valence electrons. The highest BCUT2D eigenvalue weighted by atomic mass is 79.9. The van der Waals surface area contributed by atoms with E-state index in [1.54, 1.807) is 20.8 Å². The summed E-state index contributed by atoms with van der Waals surface area (Å²) in [5, 5.41) is 2.57. The van der Waals surface area contributed by atoms with Gasteiger partial charge in [0.05, 0.1) is 6.04 Å². The van der Waals surface area contributed by atoms with Crippen LogP contribution < -0.4 is 5.32 Å². The highest BCUT2D eigenvalue weighted by molar-refractivity contribution is 9.10. The van der Waals surface area contributed by atoms with Gasteiger partial charge >= 0.3 is 6.09 Å². The molecule has 5 heteroatoms. The van der Waals surface area contributed by atoms with Gasteiger partial charge in [-0.1, -0.05) is 28.1 Å². The number of carbonyl (C=O) groups excluding carboxylic acids is 2. The summed E-state index contributed by atoms with van der Waals surface area (Å²) in [7, 11) is 0. The molecule has 0 aliphatic carbocycles. The van der Waals surface area contributed by atoms with Gasteiger partial charge in [0.2, 0.25) is 0 Å². The summed E-state index contributed by atoms with van der Waals surface area (Å²) in [5.41, 5.74) is 0.550. The Balaban J connectivity index is 2.45. The van der Waals surface area contributed by atoms with Gasteiger partial charge in [0.1, 0.15) is 11.9 Å². The van der Waals surface area contributed by atoms with Crippen molar-refractivity contribution in [2.24, 2.45) is 0 Å². The summed E-state index contributed by atoms with van der Waals surface area (Å²) in [4.78, 5) is 22.6. The highest BCUT2D eigenvalue weighted by Gasteiger charge is 2.19. The fourth-order valence-electron chi connectivity index (χ4n) is 1.61. The number of hydrogen-bond acceptors (Lipinski definition) is 3. The molecule has 1 unspecified atom stereocenters. The maximum absolute atomic E-state index is 11.6. The largest absolute Gasteiger partial charge is 0.444 e. The van der Waals surface area contributed by atoms with Gasteiger partial charge in [-0.15, -0.1) is 0 Å². The Kier molecular flexibility index (Phi) is 6.20. The first-order chi connectivity index (χ1) is 9.30. The average Bonchev–Trinajstić information content (AvgIpc) is 2.34. The molecule has 0 aliphatic heterocycles. The molecule has 0 saturated heterocycles. The van der Waals surface area contributed by atoms with E-state index in [1.165, 1.54) is 0 Å². The minimum atomic E-state index is -0.566. The zero-order valence-electron chi connectivity index (χ0n) is 12.0. The van der Waals surface area contributed by atoms with E-state index in [0.717, 1.165) is 16.3 Å². The van der Waals surface area contributed by atoms with Crippen LogP contribution in [-0.4, -0.2) is 24.0 Å². The number of nitrogens with one attached hydrogen (secondary N) is 1. The van der Waals surface area contributed by atoms with Crippen molar-refractivity contribution >= 4 is 28.3 Å². The monoisotopic (exact) mass is 341 g/mol. The van der Waals surface area contributed by atoms with Crippen molar-refractivity contribution in [1.29, 1.82) is 0 Å². The maximum atomic E-state index is 11.6. The van der Waals surface area contributed by atoms with Crippen LogP contribution in [0, 0.1) is 0 Å². The molecule has 1 aromatic carbocycles. The quantitative estimate of drug-likeness (QED) is 0.834. The Morgan fingerprint density at radius 2 is 1.95 bits per heavy atom. The van der Waals surface area contributed by atoms with E-state index in [1.807, 2.05) is 24.3 Å².